The van der Waals surface area contributed by atoms with Crippen molar-refractivity contribution in [3.63, 3.8) is 0 Å². The van der Waals surface area contributed by atoms with Crippen molar-refractivity contribution in [2.75, 3.05) is 0 Å². The molecule has 0 radical (unpaired) electrons. The van der Waals surface area contributed by atoms with Crippen LogP contribution in [0.2, 0.25) is 0 Å². The predicted octanol–water partition coefficient (Wildman–Crippen LogP) is 1.35. The van der Waals surface area contributed by atoms with Crippen LogP contribution in [-0.4, -0.2) is 69.2 Å². The number of esters is 4. The standard InChI is InChI=1S/C27H30O10/c1-11-17-15(9-10-16(29)36-23(17,5)6)19(30)24(7)18(11)20(35-14(4)28)25(8)12(2)26(24)21(31)34-13(3)27(26,33)22(32)37-25/h9-10,13,19-20,30,33H,2H2,1,3-8H3. The van der Waals surface area contributed by atoms with Crippen LogP contribution in [0.1, 0.15) is 48.5 Å². The summed E-state index contributed by atoms with van der Waals surface area (Å²) in [6.07, 6.45) is -1.70. The first-order valence-corrected chi connectivity index (χ1v) is 12.0. The number of aliphatic hydroxyl groups is 2. The van der Waals surface area contributed by atoms with E-state index in [1.165, 1.54) is 33.8 Å². The highest BCUT2D eigenvalue weighted by molar-refractivity contribution is 6.01. The maximum Gasteiger partial charge on any atom is 0.344 e. The number of fused-ring (bicyclic) bond motifs is 2. The molecule has 0 aromatic rings. The highest BCUT2D eigenvalue weighted by Crippen LogP contribution is 2.74. The van der Waals surface area contributed by atoms with Crippen molar-refractivity contribution in [2.24, 2.45) is 10.8 Å². The maximum atomic E-state index is 13.9. The molecule has 3 fully saturated rings. The molecule has 3 aliphatic heterocycles. The van der Waals surface area contributed by atoms with Crippen molar-refractivity contribution >= 4 is 23.9 Å². The third-order valence-corrected chi connectivity index (χ3v) is 9.07. The van der Waals surface area contributed by atoms with Gasteiger partial charge < -0.3 is 29.2 Å². The molecular formula is C27H30O10. The van der Waals surface area contributed by atoms with E-state index < -0.39 is 69.8 Å². The van der Waals surface area contributed by atoms with Gasteiger partial charge in [0.1, 0.15) is 17.1 Å². The molecule has 2 aliphatic carbocycles. The Balaban J connectivity index is 1.98. The summed E-state index contributed by atoms with van der Waals surface area (Å²) >= 11 is 0. The molecule has 10 nitrogen and oxygen atoms in total. The van der Waals surface area contributed by atoms with Gasteiger partial charge in [0.15, 0.2) is 11.7 Å². The van der Waals surface area contributed by atoms with Gasteiger partial charge in [0.05, 0.1) is 6.10 Å². The molecule has 5 aliphatic rings. The molecule has 2 saturated heterocycles. The fraction of sp³-hybridized carbons (Fsp3) is 0.556. The highest BCUT2D eigenvalue weighted by atomic mass is 16.6. The Bertz CT molecular complexity index is 1320. The smallest absolute Gasteiger partial charge is 0.344 e. The van der Waals surface area contributed by atoms with Gasteiger partial charge in [0.2, 0.25) is 5.60 Å². The fourth-order valence-electron chi connectivity index (χ4n) is 7.60. The van der Waals surface area contributed by atoms with E-state index in [1.54, 1.807) is 20.8 Å². The van der Waals surface area contributed by atoms with Crippen molar-refractivity contribution in [1.82, 2.24) is 0 Å². The number of hydrogen-bond donors (Lipinski definition) is 2. The van der Waals surface area contributed by atoms with Gasteiger partial charge >= 0.3 is 23.9 Å². The molecular weight excluding hydrogens is 484 g/mol. The second-order valence-electron chi connectivity index (χ2n) is 11.3. The zero-order valence-corrected chi connectivity index (χ0v) is 21.8. The van der Waals surface area contributed by atoms with Crippen LogP contribution in [0, 0.1) is 10.8 Å². The van der Waals surface area contributed by atoms with E-state index in [0.29, 0.717) is 11.1 Å². The van der Waals surface area contributed by atoms with Crippen LogP contribution in [-0.2, 0) is 38.1 Å². The first-order valence-electron chi connectivity index (χ1n) is 12.0. The summed E-state index contributed by atoms with van der Waals surface area (Å²) in [5.74, 6) is -3.47. The first kappa shape index (κ1) is 25.4. The molecule has 7 atom stereocenters. The third-order valence-electron chi connectivity index (χ3n) is 9.07. The lowest BCUT2D eigenvalue weighted by Crippen LogP contribution is -2.80. The van der Waals surface area contributed by atoms with Gasteiger partial charge in [-0.3, -0.25) is 9.59 Å². The normalized spacial score (nSPS) is 43.8. The van der Waals surface area contributed by atoms with Crippen molar-refractivity contribution in [3.8, 4) is 0 Å². The van der Waals surface area contributed by atoms with Gasteiger partial charge in [-0.25, -0.2) is 9.59 Å². The summed E-state index contributed by atoms with van der Waals surface area (Å²) in [5.41, 5.74) is -8.33. The number of carbonyl (C=O) groups excluding carboxylic acids is 4. The van der Waals surface area contributed by atoms with Crippen LogP contribution in [0.25, 0.3) is 0 Å². The number of hydrogen-bond acceptors (Lipinski definition) is 10. The van der Waals surface area contributed by atoms with E-state index in [4.69, 9.17) is 18.9 Å². The Morgan fingerprint density at radius 3 is 2.30 bits per heavy atom. The Morgan fingerprint density at radius 1 is 1.08 bits per heavy atom. The van der Waals surface area contributed by atoms with Crippen LogP contribution >= 0.6 is 0 Å². The fourth-order valence-corrected chi connectivity index (χ4v) is 7.60. The Kier molecular flexibility index (Phi) is 4.80. The van der Waals surface area contributed by atoms with Gasteiger partial charge in [0.25, 0.3) is 0 Å². The zero-order chi connectivity index (χ0) is 27.7. The van der Waals surface area contributed by atoms with Gasteiger partial charge in [-0.2, -0.15) is 0 Å². The minimum Gasteiger partial charge on any atom is -0.458 e. The van der Waals surface area contributed by atoms with Gasteiger partial charge in [-0.15, -0.1) is 0 Å². The Morgan fingerprint density at radius 2 is 1.70 bits per heavy atom. The van der Waals surface area contributed by atoms with Crippen molar-refractivity contribution < 1.29 is 48.3 Å². The summed E-state index contributed by atoms with van der Waals surface area (Å²) in [5, 5.41) is 24.2. The van der Waals surface area contributed by atoms with E-state index in [1.807, 2.05) is 0 Å². The molecule has 3 heterocycles. The summed E-state index contributed by atoms with van der Waals surface area (Å²) in [4.78, 5) is 52.2. The first-order chi connectivity index (χ1) is 16.9. The second-order valence-corrected chi connectivity index (χ2v) is 11.3. The number of cyclic esters (lactones) is 2. The quantitative estimate of drug-likeness (QED) is 0.299. The minimum atomic E-state index is -2.56. The van der Waals surface area contributed by atoms with Gasteiger partial charge in [0, 0.05) is 24.0 Å². The lowest BCUT2D eigenvalue weighted by atomic mass is 9.39. The maximum absolute atomic E-state index is 13.9. The zero-order valence-electron chi connectivity index (χ0n) is 21.8. The van der Waals surface area contributed by atoms with Crippen LogP contribution in [0.3, 0.4) is 0 Å². The number of ether oxygens (including phenoxy) is 4. The van der Waals surface area contributed by atoms with E-state index in [-0.39, 0.29) is 16.7 Å². The van der Waals surface area contributed by atoms with E-state index in [9.17, 15) is 29.4 Å². The number of carbonyl (C=O) groups is 4. The van der Waals surface area contributed by atoms with E-state index in [2.05, 4.69) is 6.58 Å². The Hall–Kier alpha value is -3.24. The van der Waals surface area contributed by atoms with E-state index >= 15 is 0 Å². The molecule has 5 rings (SSSR count). The molecule has 10 heteroatoms. The molecule has 7 unspecified atom stereocenters. The second kappa shape index (κ2) is 6.99. The number of aliphatic hydroxyl groups excluding tert-OH is 1. The molecule has 198 valence electrons. The molecule has 0 aromatic carbocycles. The average Bonchev–Trinajstić information content (AvgIpc) is 2.89. The summed E-state index contributed by atoms with van der Waals surface area (Å²) in [6, 6.07) is 0. The van der Waals surface area contributed by atoms with Crippen LogP contribution in [0.15, 0.2) is 46.6 Å². The van der Waals surface area contributed by atoms with Crippen molar-refractivity contribution in [3.05, 3.63) is 46.6 Å². The average molecular weight is 515 g/mol. The summed E-state index contributed by atoms with van der Waals surface area (Å²) in [7, 11) is 0. The SMILES string of the molecule is C=C1C2(C)OC(=O)C3(O)C(C)OC(=O)C13C1(C)C(=C(C)C3=C(C=CC(=O)OC3(C)C)C1O)C2OC(C)=O. The predicted molar refractivity (Wildman–Crippen MR) is 125 cm³/mol. The molecule has 1 spiro atoms. The Labute approximate surface area is 213 Å². The lowest BCUT2D eigenvalue weighted by Gasteiger charge is -2.66. The van der Waals surface area contributed by atoms with Crippen LogP contribution < -0.4 is 0 Å². The van der Waals surface area contributed by atoms with Gasteiger partial charge in [-0.05, 0) is 63.0 Å². The molecule has 2 bridgehead atoms. The largest absolute Gasteiger partial charge is 0.458 e. The molecule has 37 heavy (non-hydrogen) atoms. The molecule has 0 amide bonds. The summed E-state index contributed by atoms with van der Waals surface area (Å²) < 4.78 is 22.7. The number of rotatable bonds is 1. The molecule has 1 saturated carbocycles. The van der Waals surface area contributed by atoms with Crippen LogP contribution in [0.4, 0.5) is 0 Å². The third kappa shape index (κ3) is 2.48. The monoisotopic (exact) mass is 514 g/mol. The topological polar surface area (TPSA) is 146 Å². The lowest BCUT2D eigenvalue weighted by molar-refractivity contribution is -0.248. The van der Waals surface area contributed by atoms with Crippen LogP contribution in [0.5, 0.6) is 0 Å². The minimum absolute atomic E-state index is 0.0611. The summed E-state index contributed by atoms with van der Waals surface area (Å²) in [6.45, 7) is 14.6. The molecule has 2 N–H and O–H groups in total. The van der Waals surface area contributed by atoms with Crippen molar-refractivity contribution in [1.29, 1.82) is 0 Å². The highest BCUT2D eigenvalue weighted by Gasteiger charge is 2.88. The van der Waals surface area contributed by atoms with Gasteiger partial charge in [-0.1, -0.05) is 13.5 Å². The van der Waals surface area contributed by atoms with E-state index in [0.717, 1.165) is 6.08 Å². The van der Waals surface area contributed by atoms with Crippen molar-refractivity contribution in [2.45, 2.75) is 83.6 Å². The molecule has 0 aromatic heterocycles.